The number of likely N-dealkylation sites (tertiary alicyclic amines) is 2. The molecule has 2 saturated heterocycles. The van der Waals surface area contributed by atoms with Gasteiger partial charge in [0.2, 0.25) is 0 Å². The zero-order chi connectivity index (χ0) is 14.4. The van der Waals surface area contributed by atoms with Crippen molar-refractivity contribution in [3.05, 3.63) is 26.3 Å². The van der Waals surface area contributed by atoms with Crippen LogP contribution in [0.15, 0.2) is 10.5 Å². The number of nitro groups is 1. The fraction of sp³-hybridized carbons (Fsp3) is 0.583. The average Bonchev–Trinajstić information content (AvgIpc) is 3.00. The van der Waals surface area contributed by atoms with Crippen LogP contribution in [0.2, 0.25) is 0 Å². The number of halogens is 1. The number of nitrogens with zero attached hydrogens (tertiary/aromatic N) is 3. The summed E-state index contributed by atoms with van der Waals surface area (Å²) in [5.41, 5.74) is 0.275. The zero-order valence-corrected chi connectivity index (χ0v) is 12.6. The Morgan fingerprint density at radius 2 is 2.00 bits per heavy atom. The average molecular weight is 343 g/mol. The third kappa shape index (κ3) is 2.22. The molecule has 2 atom stereocenters. The van der Waals surface area contributed by atoms with Crippen molar-refractivity contribution in [2.45, 2.75) is 0 Å². The summed E-state index contributed by atoms with van der Waals surface area (Å²) in [6.07, 6.45) is 0. The fourth-order valence-electron chi connectivity index (χ4n) is 3.23. The minimum atomic E-state index is -0.533. The second kappa shape index (κ2) is 4.85. The summed E-state index contributed by atoms with van der Waals surface area (Å²) in [6.45, 7) is 3.50. The van der Waals surface area contributed by atoms with E-state index in [1.165, 1.54) is 6.07 Å². The highest BCUT2D eigenvalue weighted by Gasteiger charge is 2.41. The molecule has 0 bridgehead atoms. The summed E-state index contributed by atoms with van der Waals surface area (Å²) >= 11 is 3.10. The number of fused-ring (bicyclic) bond motifs is 1. The van der Waals surface area contributed by atoms with E-state index >= 15 is 0 Å². The lowest BCUT2D eigenvalue weighted by Gasteiger charge is -2.17. The van der Waals surface area contributed by atoms with Crippen LogP contribution in [0.3, 0.4) is 0 Å². The molecule has 0 spiro atoms. The fourth-order valence-corrected chi connectivity index (χ4v) is 3.70. The molecule has 2 aliphatic rings. The Hall–Kier alpha value is -1.41. The lowest BCUT2D eigenvalue weighted by Crippen LogP contribution is -2.32. The van der Waals surface area contributed by atoms with E-state index < -0.39 is 4.92 Å². The molecule has 0 unspecified atom stereocenters. The molecule has 1 N–H and O–H groups in total. The molecule has 3 rings (SSSR count). The van der Waals surface area contributed by atoms with E-state index in [-0.39, 0.29) is 17.4 Å². The zero-order valence-electron chi connectivity index (χ0n) is 11.0. The second-order valence-electron chi connectivity index (χ2n) is 5.59. The molecule has 0 aromatic carbocycles. The number of aromatic amines is 1. The summed E-state index contributed by atoms with van der Waals surface area (Å²) in [7, 11) is 2.09. The molecule has 7 nitrogen and oxygen atoms in total. The molecule has 0 radical (unpaired) electrons. The molecule has 1 amide bonds. The standard InChI is InChI=1S/C12H15BrN4O3/c1-15-3-7-5-16(6-8(7)4-15)12(18)10-2-9(13)11(14-10)17(19)20/h2,7-8,14H,3-6H2,1H3/t7-,8+. The number of hydrogen-bond donors (Lipinski definition) is 1. The smallest absolute Gasteiger partial charge is 0.335 e. The highest BCUT2D eigenvalue weighted by molar-refractivity contribution is 9.10. The molecule has 108 valence electrons. The monoisotopic (exact) mass is 342 g/mol. The van der Waals surface area contributed by atoms with Crippen molar-refractivity contribution in [2.24, 2.45) is 11.8 Å². The molecule has 3 heterocycles. The van der Waals surface area contributed by atoms with Crippen molar-refractivity contribution >= 4 is 27.7 Å². The molecular formula is C12H15BrN4O3. The summed E-state index contributed by atoms with van der Waals surface area (Å²) in [6, 6.07) is 1.49. The van der Waals surface area contributed by atoms with Crippen LogP contribution in [0.4, 0.5) is 5.82 Å². The molecule has 1 aromatic heterocycles. The van der Waals surface area contributed by atoms with Gasteiger partial charge in [0.05, 0.1) is 0 Å². The first-order chi connectivity index (χ1) is 9.45. The molecule has 20 heavy (non-hydrogen) atoms. The predicted molar refractivity (Wildman–Crippen MR) is 75.5 cm³/mol. The van der Waals surface area contributed by atoms with Crippen molar-refractivity contribution in [1.29, 1.82) is 0 Å². The van der Waals surface area contributed by atoms with E-state index in [1.807, 2.05) is 0 Å². The van der Waals surface area contributed by atoms with Gasteiger partial charge in [0.1, 0.15) is 4.47 Å². The largest absolute Gasteiger partial charge is 0.358 e. The first-order valence-electron chi connectivity index (χ1n) is 6.46. The van der Waals surface area contributed by atoms with Crippen LogP contribution in [-0.4, -0.2) is 58.8 Å². The normalized spacial score (nSPS) is 26.0. The summed E-state index contributed by atoms with van der Waals surface area (Å²) < 4.78 is 0.310. The Kier molecular flexibility index (Phi) is 3.29. The summed E-state index contributed by atoms with van der Waals surface area (Å²) in [5.74, 6) is 0.720. The molecule has 2 aliphatic heterocycles. The highest BCUT2D eigenvalue weighted by atomic mass is 79.9. The highest BCUT2D eigenvalue weighted by Crippen LogP contribution is 2.32. The van der Waals surface area contributed by atoms with Crippen LogP contribution < -0.4 is 0 Å². The van der Waals surface area contributed by atoms with Gasteiger partial charge in [-0.1, -0.05) is 0 Å². The van der Waals surface area contributed by atoms with E-state index in [2.05, 4.69) is 32.9 Å². The van der Waals surface area contributed by atoms with Crippen molar-refractivity contribution in [3.63, 3.8) is 0 Å². The quantitative estimate of drug-likeness (QED) is 0.649. The van der Waals surface area contributed by atoms with Gasteiger partial charge < -0.3 is 19.9 Å². The van der Waals surface area contributed by atoms with E-state index in [0.29, 0.717) is 16.3 Å². The van der Waals surface area contributed by atoms with Crippen LogP contribution in [0.25, 0.3) is 0 Å². The number of rotatable bonds is 2. The van der Waals surface area contributed by atoms with Crippen molar-refractivity contribution < 1.29 is 9.72 Å². The lowest BCUT2D eigenvalue weighted by molar-refractivity contribution is -0.390. The minimum Gasteiger partial charge on any atom is -0.358 e. The van der Waals surface area contributed by atoms with Gasteiger partial charge in [0, 0.05) is 32.2 Å². The maximum Gasteiger partial charge on any atom is 0.335 e. The minimum absolute atomic E-state index is 0.157. The second-order valence-corrected chi connectivity index (χ2v) is 6.44. The molecule has 0 saturated carbocycles. The molecule has 0 aliphatic carbocycles. The van der Waals surface area contributed by atoms with Gasteiger partial charge in [0.25, 0.3) is 5.91 Å². The Balaban J connectivity index is 1.74. The Morgan fingerprint density at radius 3 is 2.50 bits per heavy atom. The van der Waals surface area contributed by atoms with E-state index in [0.717, 1.165) is 26.2 Å². The van der Waals surface area contributed by atoms with Gasteiger partial charge in [-0.3, -0.25) is 4.79 Å². The molecule has 8 heteroatoms. The first-order valence-corrected chi connectivity index (χ1v) is 7.25. The first kappa shape index (κ1) is 13.6. The maximum atomic E-state index is 12.4. The van der Waals surface area contributed by atoms with Crippen molar-refractivity contribution in [2.75, 3.05) is 33.2 Å². The van der Waals surface area contributed by atoms with Gasteiger partial charge in [0.15, 0.2) is 5.69 Å². The van der Waals surface area contributed by atoms with Crippen LogP contribution >= 0.6 is 15.9 Å². The third-order valence-corrected chi connectivity index (χ3v) is 4.72. The Morgan fingerprint density at radius 1 is 1.40 bits per heavy atom. The molecule has 1 aromatic rings. The van der Waals surface area contributed by atoms with Crippen LogP contribution in [0, 0.1) is 22.0 Å². The number of carbonyl (C=O) groups excluding carboxylic acids is 1. The van der Waals surface area contributed by atoms with E-state index in [9.17, 15) is 14.9 Å². The number of amides is 1. The number of H-pyrrole nitrogens is 1. The molecular weight excluding hydrogens is 328 g/mol. The number of carbonyl (C=O) groups is 1. The van der Waals surface area contributed by atoms with Crippen LogP contribution in [-0.2, 0) is 0 Å². The number of aromatic nitrogens is 1. The van der Waals surface area contributed by atoms with Gasteiger partial charge in [-0.15, -0.1) is 0 Å². The summed E-state index contributed by atoms with van der Waals surface area (Å²) in [5, 5.41) is 10.8. The van der Waals surface area contributed by atoms with Gasteiger partial charge in [-0.2, -0.15) is 0 Å². The lowest BCUT2D eigenvalue weighted by atomic mass is 10.0. The summed E-state index contributed by atoms with van der Waals surface area (Å²) in [4.78, 5) is 29.3. The topological polar surface area (TPSA) is 82.5 Å². The Bertz CT molecular complexity index is 559. The van der Waals surface area contributed by atoms with Crippen LogP contribution in [0.5, 0.6) is 0 Å². The van der Waals surface area contributed by atoms with Crippen molar-refractivity contribution in [1.82, 2.24) is 14.8 Å². The van der Waals surface area contributed by atoms with Crippen molar-refractivity contribution in [3.8, 4) is 0 Å². The van der Waals surface area contributed by atoms with Crippen LogP contribution in [0.1, 0.15) is 10.5 Å². The molecule has 2 fully saturated rings. The van der Waals surface area contributed by atoms with Gasteiger partial charge >= 0.3 is 5.82 Å². The SMILES string of the molecule is CN1C[C@@H]2CN(C(=O)c3cc(Br)c([N+](=O)[O-])[nH]3)C[C@@H]2C1. The van der Waals surface area contributed by atoms with E-state index in [1.54, 1.807) is 4.90 Å². The third-order valence-electron chi connectivity index (χ3n) is 4.12. The predicted octanol–water partition coefficient (Wildman–Crippen LogP) is 1.32. The van der Waals surface area contributed by atoms with Gasteiger partial charge in [-0.25, -0.2) is 4.98 Å². The van der Waals surface area contributed by atoms with E-state index in [4.69, 9.17) is 0 Å². The number of hydrogen-bond acceptors (Lipinski definition) is 4. The maximum absolute atomic E-state index is 12.4. The number of nitrogens with one attached hydrogen (secondary N) is 1. The Labute approximate surface area is 124 Å². The van der Waals surface area contributed by atoms with Gasteiger partial charge in [-0.05, 0) is 39.7 Å².